The third-order valence-electron chi connectivity index (χ3n) is 4.20. The molecule has 1 aromatic carbocycles. The highest BCUT2D eigenvalue weighted by Gasteiger charge is 2.43. The average Bonchev–Trinajstić information content (AvgIpc) is 2.96. The maximum Gasteiger partial charge on any atom is 0.329 e. The van der Waals surface area contributed by atoms with Gasteiger partial charge >= 0.3 is 5.97 Å². The zero-order chi connectivity index (χ0) is 12.8. The fraction of sp³-hybridized carbons (Fsp3) is 0.400. The lowest BCUT2D eigenvalue weighted by Crippen LogP contribution is -2.38. The number of carbonyl (C=O) groups is 1. The number of aryl methyl sites for hydroxylation is 1. The molecule has 0 aliphatic heterocycles. The Morgan fingerprint density at radius 3 is 2.61 bits per heavy atom. The maximum atomic E-state index is 11.8. The van der Waals surface area contributed by atoms with Gasteiger partial charge in [-0.05, 0) is 31.4 Å². The van der Waals surface area contributed by atoms with Crippen molar-refractivity contribution in [3.63, 3.8) is 0 Å². The van der Waals surface area contributed by atoms with Gasteiger partial charge in [-0.3, -0.25) is 0 Å². The van der Waals surface area contributed by atoms with Crippen LogP contribution in [0, 0.1) is 6.92 Å². The smallest absolute Gasteiger partial charge is 0.329 e. The van der Waals surface area contributed by atoms with Gasteiger partial charge < -0.3 is 9.67 Å². The Morgan fingerprint density at radius 1 is 1.28 bits per heavy atom. The SMILES string of the molecule is Cc1cn(C2(C(=O)O)CCCC2)c2ccccc12. The molecule has 3 rings (SSSR count). The molecule has 0 saturated heterocycles. The third-order valence-corrected chi connectivity index (χ3v) is 4.20. The molecule has 0 spiro atoms. The van der Waals surface area contributed by atoms with E-state index in [1.165, 1.54) is 0 Å². The molecule has 2 aromatic rings. The van der Waals surface area contributed by atoms with Gasteiger partial charge in [-0.25, -0.2) is 4.79 Å². The predicted molar refractivity (Wildman–Crippen MR) is 70.8 cm³/mol. The fourth-order valence-corrected chi connectivity index (χ4v) is 3.22. The molecule has 3 heteroatoms. The second-order valence-corrected chi connectivity index (χ2v) is 5.24. The van der Waals surface area contributed by atoms with Crippen molar-refractivity contribution in [2.45, 2.75) is 38.1 Å². The molecule has 1 aliphatic carbocycles. The van der Waals surface area contributed by atoms with Gasteiger partial charge in [0.2, 0.25) is 0 Å². The number of aromatic nitrogens is 1. The predicted octanol–water partition coefficient (Wildman–Crippen LogP) is 3.30. The molecule has 3 nitrogen and oxygen atoms in total. The van der Waals surface area contributed by atoms with Crippen molar-refractivity contribution in [1.29, 1.82) is 0 Å². The van der Waals surface area contributed by atoms with Crippen molar-refractivity contribution in [2.24, 2.45) is 0 Å². The molecule has 18 heavy (non-hydrogen) atoms. The number of carboxylic acids is 1. The largest absolute Gasteiger partial charge is 0.479 e. The van der Waals surface area contributed by atoms with Crippen LogP contribution in [0.1, 0.15) is 31.2 Å². The molecule has 1 fully saturated rings. The minimum absolute atomic E-state index is 0.694. The fourth-order valence-electron chi connectivity index (χ4n) is 3.22. The Labute approximate surface area is 106 Å². The number of hydrogen-bond acceptors (Lipinski definition) is 1. The van der Waals surface area contributed by atoms with E-state index in [0.717, 1.165) is 42.1 Å². The minimum atomic E-state index is -0.728. The van der Waals surface area contributed by atoms with E-state index in [0.29, 0.717) is 0 Å². The highest BCUT2D eigenvalue weighted by atomic mass is 16.4. The van der Waals surface area contributed by atoms with Gasteiger partial charge in [-0.15, -0.1) is 0 Å². The van der Waals surface area contributed by atoms with E-state index in [4.69, 9.17) is 0 Å². The third kappa shape index (κ3) is 1.40. The number of carboxylic acid groups (broad SMARTS) is 1. The molecule has 94 valence electrons. The molecule has 1 aliphatic rings. The lowest BCUT2D eigenvalue weighted by molar-refractivity contribution is -0.147. The Bertz CT molecular complexity index is 606. The molecule has 0 amide bonds. The first kappa shape index (κ1) is 11.3. The summed E-state index contributed by atoms with van der Waals surface area (Å²) in [4.78, 5) is 11.8. The average molecular weight is 243 g/mol. The summed E-state index contributed by atoms with van der Waals surface area (Å²) in [6.07, 6.45) is 5.47. The van der Waals surface area contributed by atoms with E-state index < -0.39 is 11.5 Å². The summed E-state index contributed by atoms with van der Waals surface area (Å²) in [5.74, 6) is -0.694. The number of para-hydroxylation sites is 1. The van der Waals surface area contributed by atoms with Crippen molar-refractivity contribution in [3.05, 3.63) is 36.0 Å². The standard InChI is InChI=1S/C15H17NO2/c1-11-10-16(13-7-3-2-6-12(11)13)15(14(17)18)8-4-5-9-15/h2-3,6-7,10H,4-5,8-9H2,1H3,(H,17,18). The van der Waals surface area contributed by atoms with Crippen LogP contribution in [0.2, 0.25) is 0 Å². The summed E-state index contributed by atoms with van der Waals surface area (Å²) >= 11 is 0. The summed E-state index contributed by atoms with van der Waals surface area (Å²) in [7, 11) is 0. The quantitative estimate of drug-likeness (QED) is 0.879. The topological polar surface area (TPSA) is 42.2 Å². The van der Waals surface area contributed by atoms with E-state index in [1.54, 1.807) is 0 Å². The minimum Gasteiger partial charge on any atom is -0.479 e. The summed E-state index contributed by atoms with van der Waals surface area (Å²) < 4.78 is 1.99. The summed E-state index contributed by atoms with van der Waals surface area (Å²) in [5.41, 5.74) is 1.46. The Kier molecular flexibility index (Phi) is 2.44. The van der Waals surface area contributed by atoms with Gasteiger partial charge in [0.25, 0.3) is 0 Å². The highest BCUT2D eigenvalue weighted by Crippen LogP contribution is 2.40. The first-order valence-electron chi connectivity index (χ1n) is 6.46. The molecule has 0 unspecified atom stereocenters. The summed E-state index contributed by atoms with van der Waals surface area (Å²) in [5, 5.41) is 10.8. The Morgan fingerprint density at radius 2 is 1.94 bits per heavy atom. The van der Waals surface area contributed by atoms with Gasteiger partial charge in [0.05, 0.1) is 0 Å². The molecule has 0 atom stereocenters. The second-order valence-electron chi connectivity index (χ2n) is 5.24. The first-order chi connectivity index (χ1) is 8.65. The van der Waals surface area contributed by atoms with Crippen molar-refractivity contribution < 1.29 is 9.90 Å². The monoisotopic (exact) mass is 243 g/mol. The van der Waals surface area contributed by atoms with Crippen LogP contribution >= 0.6 is 0 Å². The first-order valence-corrected chi connectivity index (χ1v) is 6.46. The van der Waals surface area contributed by atoms with Crippen LogP contribution in [0.4, 0.5) is 0 Å². The van der Waals surface area contributed by atoms with Gasteiger partial charge in [0.15, 0.2) is 0 Å². The van der Waals surface area contributed by atoms with Crippen molar-refractivity contribution in [2.75, 3.05) is 0 Å². The van der Waals surface area contributed by atoms with Crippen LogP contribution in [-0.2, 0) is 10.3 Å². The number of fused-ring (bicyclic) bond motifs is 1. The van der Waals surface area contributed by atoms with Gasteiger partial charge in [-0.1, -0.05) is 31.0 Å². The Hall–Kier alpha value is -1.77. The second kappa shape index (κ2) is 3.87. The zero-order valence-corrected chi connectivity index (χ0v) is 10.5. The molecule has 0 radical (unpaired) electrons. The molecule has 1 saturated carbocycles. The van der Waals surface area contributed by atoms with Crippen molar-refractivity contribution in [1.82, 2.24) is 4.57 Å². The number of aliphatic carboxylic acids is 1. The lowest BCUT2D eigenvalue weighted by Gasteiger charge is -2.27. The van der Waals surface area contributed by atoms with Gasteiger partial charge in [0, 0.05) is 17.1 Å². The van der Waals surface area contributed by atoms with Crippen LogP contribution in [0.3, 0.4) is 0 Å². The molecular formula is C15H17NO2. The van der Waals surface area contributed by atoms with E-state index in [2.05, 4.69) is 6.07 Å². The molecule has 1 N–H and O–H groups in total. The number of hydrogen-bond donors (Lipinski definition) is 1. The lowest BCUT2D eigenvalue weighted by atomic mass is 9.97. The van der Waals surface area contributed by atoms with Crippen LogP contribution in [0.15, 0.2) is 30.5 Å². The van der Waals surface area contributed by atoms with Crippen molar-refractivity contribution in [3.8, 4) is 0 Å². The summed E-state index contributed by atoms with van der Waals surface area (Å²) in [6, 6.07) is 8.06. The maximum absolute atomic E-state index is 11.8. The summed E-state index contributed by atoms with van der Waals surface area (Å²) in [6.45, 7) is 2.04. The molecular weight excluding hydrogens is 226 g/mol. The number of benzene rings is 1. The van der Waals surface area contributed by atoms with Crippen LogP contribution in [0.25, 0.3) is 10.9 Å². The zero-order valence-electron chi connectivity index (χ0n) is 10.5. The van der Waals surface area contributed by atoms with Crippen LogP contribution in [0.5, 0.6) is 0 Å². The van der Waals surface area contributed by atoms with E-state index >= 15 is 0 Å². The van der Waals surface area contributed by atoms with Gasteiger partial charge in [0.1, 0.15) is 5.54 Å². The van der Waals surface area contributed by atoms with Crippen LogP contribution < -0.4 is 0 Å². The Balaban J connectivity index is 2.28. The number of rotatable bonds is 2. The molecule has 0 bridgehead atoms. The van der Waals surface area contributed by atoms with Gasteiger partial charge in [-0.2, -0.15) is 0 Å². The van der Waals surface area contributed by atoms with Crippen LogP contribution in [-0.4, -0.2) is 15.6 Å². The van der Waals surface area contributed by atoms with E-state index in [1.807, 2.05) is 35.9 Å². The number of nitrogens with zero attached hydrogens (tertiary/aromatic N) is 1. The molecule has 1 heterocycles. The molecule has 1 aromatic heterocycles. The van der Waals surface area contributed by atoms with E-state index in [-0.39, 0.29) is 0 Å². The highest BCUT2D eigenvalue weighted by molar-refractivity contribution is 5.87. The normalized spacial score (nSPS) is 18.3. The van der Waals surface area contributed by atoms with E-state index in [9.17, 15) is 9.90 Å². The van der Waals surface area contributed by atoms with Crippen molar-refractivity contribution >= 4 is 16.9 Å².